The Morgan fingerprint density at radius 2 is 1.96 bits per heavy atom. The average molecular weight is 363 g/mol. The second-order valence-corrected chi connectivity index (χ2v) is 8.67. The summed E-state index contributed by atoms with van der Waals surface area (Å²) in [5.41, 5.74) is 7.24. The van der Waals surface area contributed by atoms with E-state index in [0.717, 1.165) is 37.4 Å². The average Bonchev–Trinajstić information content (AvgIpc) is 2.67. The molecule has 0 amide bonds. The lowest BCUT2D eigenvalue weighted by Crippen LogP contribution is -2.33. The molecule has 1 aliphatic heterocycles. The lowest BCUT2D eigenvalue weighted by atomic mass is 9.71. The van der Waals surface area contributed by atoms with Gasteiger partial charge in [-0.2, -0.15) is 0 Å². The molecular weight excluding hydrogens is 332 g/mol. The van der Waals surface area contributed by atoms with Gasteiger partial charge in [0, 0.05) is 55.8 Å². The number of aromatic nitrogens is 3. The highest BCUT2D eigenvalue weighted by atomic mass is 15.1. The van der Waals surface area contributed by atoms with E-state index in [1.54, 1.807) is 23.5 Å². The lowest BCUT2D eigenvalue weighted by molar-refractivity contribution is 0.243. The van der Waals surface area contributed by atoms with Gasteiger partial charge < -0.3 is 0 Å². The van der Waals surface area contributed by atoms with Crippen LogP contribution in [-0.2, 0) is 13.0 Å². The number of allylic oxidation sites excluding steroid dienone is 1. The van der Waals surface area contributed by atoms with E-state index in [1.807, 2.05) is 18.3 Å². The van der Waals surface area contributed by atoms with Gasteiger partial charge >= 0.3 is 0 Å². The van der Waals surface area contributed by atoms with Gasteiger partial charge in [0.2, 0.25) is 0 Å². The molecular formula is C23H30N4. The van der Waals surface area contributed by atoms with Gasteiger partial charge in [-0.15, -0.1) is 0 Å². The predicted molar refractivity (Wildman–Crippen MR) is 109 cm³/mol. The summed E-state index contributed by atoms with van der Waals surface area (Å²) in [7, 11) is 0. The molecule has 0 spiro atoms. The van der Waals surface area contributed by atoms with Crippen LogP contribution in [0.2, 0.25) is 0 Å². The Hall–Kier alpha value is -2.07. The molecule has 0 unspecified atom stereocenters. The van der Waals surface area contributed by atoms with Crippen LogP contribution >= 0.6 is 0 Å². The van der Waals surface area contributed by atoms with Crippen molar-refractivity contribution in [3.63, 3.8) is 0 Å². The van der Waals surface area contributed by atoms with Crippen molar-refractivity contribution in [1.82, 2.24) is 19.9 Å². The Morgan fingerprint density at radius 3 is 2.74 bits per heavy atom. The van der Waals surface area contributed by atoms with Crippen molar-refractivity contribution >= 4 is 0 Å². The zero-order valence-electron chi connectivity index (χ0n) is 16.8. The zero-order chi connectivity index (χ0) is 18.9. The summed E-state index contributed by atoms with van der Waals surface area (Å²) < 4.78 is 0. The Bertz CT molecular complexity index is 839. The van der Waals surface area contributed by atoms with Crippen LogP contribution in [0.5, 0.6) is 0 Å². The molecule has 2 aromatic rings. The SMILES string of the molecule is CC1=C(CCN2CCc3nc(-c4ccncc4)ncc3C2)C(C)(C)CCC1. The van der Waals surface area contributed by atoms with Gasteiger partial charge in [0.15, 0.2) is 5.82 Å². The van der Waals surface area contributed by atoms with Crippen molar-refractivity contribution in [2.45, 2.75) is 59.4 Å². The Labute approximate surface area is 162 Å². The molecule has 0 aromatic carbocycles. The minimum Gasteiger partial charge on any atom is -0.298 e. The van der Waals surface area contributed by atoms with E-state index in [9.17, 15) is 0 Å². The van der Waals surface area contributed by atoms with Crippen molar-refractivity contribution < 1.29 is 0 Å². The number of hydrogen-bond donors (Lipinski definition) is 0. The smallest absolute Gasteiger partial charge is 0.159 e. The highest BCUT2D eigenvalue weighted by Crippen LogP contribution is 2.41. The fourth-order valence-electron chi connectivity index (χ4n) is 4.70. The minimum atomic E-state index is 0.374. The molecule has 0 atom stereocenters. The van der Waals surface area contributed by atoms with E-state index in [0.29, 0.717) is 5.41 Å². The molecule has 0 radical (unpaired) electrons. The molecule has 0 N–H and O–H groups in total. The van der Waals surface area contributed by atoms with Crippen LogP contribution in [0.25, 0.3) is 11.4 Å². The molecule has 2 aromatic heterocycles. The Balaban J connectivity index is 1.43. The number of hydrogen-bond acceptors (Lipinski definition) is 4. The summed E-state index contributed by atoms with van der Waals surface area (Å²) in [5.74, 6) is 0.814. The van der Waals surface area contributed by atoms with Gasteiger partial charge in [0.05, 0.1) is 5.69 Å². The first kappa shape index (κ1) is 18.3. The predicted octanol–water partition coefficient (Wildman–Crippen LogP) is 4.81. The van der Waals surface area contributed by atoms with E-state index in [1.165, 1.54) is 36.9 Å². The topological polar surface area (TPSA) is 41.9 Å². The van der Waals surface area contributed by atoms with Crippen LogP contribution in [-0.4, -0.2) is 32.9 Å². The molecule has 4 heteroatoms. The normalized spacial score (nSPS) is 19.8. The first-order chi connectivity index (χ1) is 13.0. The van der Waals surface area contributed by atoms with E-state index >= 15 is 0 Å². The fourth-order valence-corrected chi connectivity index (χ4v) is 4.70. The summed E-state index contributed by atoms with van der Waals surface area (Å²) >= 11 is 0. The Kier molecular flexibility index (Phi) is 5.09. The molecule has 3 heterocycles. The summed E-state index contributed by atoms with van der Waals surface area (Å²) in [6.45, 7) is 10.4. The Morgan fingerprint density at radius 1 is 1.15 bits per heavy atom. The molecule has 4 nitrogen and oxygen atoms in total. The maximum absolute atomic E-state index is 4.83. The second kappa shape index (κ2) is 7.51. The summed E-state index contributed by atoms with van der Waals surface area (Å²) in [6.07, 6.45) is 11.8. The van der Waals surface area contributed by atoms with Crippen molar-refractivity contribution in [1.29, 1.82) is 0 Å². The third-order valence-corrected chi connectivity index (χ3v) is 6.32. The van der Waals surface area contributed by atoms with Gasteiger partial charge in [0.25, 0.3) is 0 Å². The lowest BCUT2D eigenvalue weighted by Gasteiger charge is -2.36. The van der Waals surface area contributed by atoms with Crippen molar-refractivity contribution in [3.05, 3.63) is 53.1 Å². The largest absolute Gasteiger partial charge is 0.298 e. The maximum Gasteiger partial charge on any atom is 0.159 e. The van der Waals surface area contributed by atoms with Crippen LogP contribution in [0, 0.1) is 5.41 Å². The van der Waals surface area contributed by atoms with Crippen molar-refractivity contribution in [2.75, 3.05) is 13.1 Å². The zero-order valence-corrected chi connectivity index (χ0v) is 16.8. The second-order valence-electron chi connectivity index (χ2n) is 8.67. The molecule has 27 heavy (non-hydrogen) atoms. The van der Waals surface area contributed by atoms with Gasteiger partial charge in [0.1, 0.15) is 0 Å². The number of fused-ring (bicyclic) bond motifs is 1. The van der Waals surface area contributed by atoms with Crippen LogP contribution in [0.4, 0.5) is 0 Å². The number of rotatable bonds is 4. The molecule has 0 saturated heterocycles. The van der Waals surface area contributed by atoms with Crippen LogP contribution in [0.1, 0.15) is 57.7 Å². The minimum absolute atomic E-state index is 0.374. The van der Waals surface area contributed by atoms with Crippen LogP contribution in [0.3, 0.4) is 0 Å². The molecule has 0 bridgehead atoms. The van der Waals surface area contributed by atoms with Crippen LogP contribution < -0.4 is 0 Å². The van der Waals surface area contributed by atoms with Crippen LogP contribution in [0.15, 0.2) is 41.9 Å². The molecule has 142 valence electrons. The third kappa shape index (κ3) is 3.96. The monoisotopic (exact) mass is 362 g/mol. The van der Waals surface area contributed by atoms with Gasteiger partial charge in [-0.1, -0.05) is 25.0 Å². The van der Waals surface area contributed by atoms with Gasteiger partial charge in [-0.25, -0.2) is 9.97 Å². The van der Waals surface area contributed by atoms with Crippen molar-refractivity contribution in [3.8, 4) is 11.4 Å². The van der Waals surface area contributed by atoms with E-state index in [4.69, 9.17) is 4.98 Å². The van der Waals surface area contributed by atoms with E-state index in [-0.39, 0.29) is 0 Å². The quantitative estimate of drug-likeness (QED) is 0.732. The van der Waals surface area contributed by atoms with E-state index < -0.39 is 0 Å². The molecule has 4 rings (SSSR count). The maximum atomic E-state index is 4.83. The standard InChI is InChI=1S/C23H30N4/c1-17-5-4-10-23(2,3)20(17)8-13-27-14-9-21-19(16-27)15-25-22(26-21)18-6-11-24-12-7-18/h6-7,11-12,15H,4-5,8-10,13-14,16H2,1-3H3. The highest BCUT2D eigenvalue weighted by Gasteiger charge is 2.28. The summed E-state index contributed by atoms with van der Waals surface area (Å²) in [5, 5.41) is 0. The molecule has 1 aliphatic carbocycles. The molecule has 0 fully saturated rings. The summed E-state index contributed by atoms with van der Waals surface area (Å²) in [4.78, 5) is 16.1. The third-order valence-electron chi connectivity index (χ3n) is 6.32. The molecule has 2 aliphatic rings. The van der Waals surface area contributed by atoms with E-state index in [2.05, 4.69) is 35.6 Å². The highest BCUT2D eigenvalue weighted by molar-refractivity contribution is 5.54. The van der Waals surface area contributed by atoms with Gasteiger partial charge in [-0.05, 0) is 50.2 Å². The number of pyridine rings is 1. The van der Waals surface area contributed by atoms with Crippen molar-refractivity contribution in [2.24, 2.45) is 5.41 Å². The first-order valence-electron chi connectivity index (χ1n) is 10.2. The molecule has 0 saturated carbocycles. The fraction of sp³-hybridized carbons (Fsp3) is 0.522. The first-order valence-corrected chi connectivity index (χ1v) is 10.2. The number of nitrogens with zero attached hydrogens (tertiary/aromatic N) is 4. The van der Waals surface area contributed by atoms with Gasteiger partial charge in [-0.3, -0.25) is 9.88 Å². The summed E-state index contributed by atoms with van der Waals surface area (Å²) in [6, 6.07) is 3.94.